The number of halogens is 3. The number of hydrogen-bond donors (Lipinski definition) is 2. The summed E-state index contributed by atoms with van der Waals surface area (Å²) in [5, 5.41) is 3.64. The van der Waals surface area contributed by atoms with Gasteiger partial charge in [0.25, 0.3) is 0 Å². The molecule has 0 saturated heterocycles. The Morgan fingerprint density at radius 3 is 2.44 bits per heavy atom. The van der Waals surface area contributed by atoms with Gasteiger partial charge < -0.3 is 15.0 Å². The molecule has 0 radical (unpaired) electrons. The summed E-state index contributed by atoms with van der Waals surface area (Å²) in [4.78, 5) is 14.7. The highest BCUT2D eigenvalue weighted by Crippen LogP contribution is 2.31. The third-order valence-corrected chi connectivity index (χ3v) is 3.70. The minimum atomic E-state index is -4.71. The van der Waals surface area contributed by atoms with Crippen LogP contribution in [0.5, 0.6) is 5.75 Å². The van der Waals surface area contributed by atoms with Crippen LogP contribution in [-0.2, 0) is 4.79 Å². The van der Waals surface area contributed by atoms with Crippen LogP contribution in [0.4, 0.5) is 18.9 Å². The van der Waals surface area contributed by atoms with Crippen molar-refractivity contribution in [1.29, 1.82) is 0 Å². The van der Waals surface area contributed by atoms with E-state index in [9.17, 15) is 18.0 Å². The second kappa shape index (κ2) is 6.51. The van der Waals surface area contributed by atoms with Gasteiger partial charge >= 0.3 is 6.36 Å². The van der Waals surface area contributed by atoms with E-state index >= 15 is 0 Å². The maximum Gasteiger partial charge on any atom is 0.573 e. The Bertz CT molecular complexity index is 899. The van der Waals surface area contributed by atoms with Gasteiger partial charge in [-0.2, -0.15) is 0 Å². The number of fused-ring (bicyclic) bond motifs is 1. The zero-order valence-corrected chi connectivity index (χ0v) is 13.3. The Morgan fingerprint density at radius 2 is 1.80 bits per heavy atom. The molecule has 130 valence electrons. The molecule has 3 rings (SSSR count). The number of H-pyrrole nitrogens is 1. The first-order valence-corrected chi connectivity index (χ1v) is 7.63. The number of carbonyl (C=O) groups is 1. The van der Waals surface area contributed by atoms with Gasteiger partial charge in [0.15, 0.2) is 0 Å². The monoisotopic (exact) mass is 348 g/mol. The van der Waals surface area contributed by atoms with Crippen LogP contribution in [-0.4, -0.2) is 17.3 Å². The van der Waals surface area contributed by atoms with E-state index in [2.05, 4.69) is 15.0 Å². The van der Waals surface area contributed by atoms with Crippen LogP contribution in [0.15, 0.2) is 48.7 Å². The number of hydrogen-bond acceptors (Lipinski definition) is 2. The molecule has 0 aliphatic carbocycles. The third kappa shape index (κ3) is 3.93. The summed E-state index contributed by atoms with van der Waals surface area (Å²) in [5.74, 6) is -0.366. The lowest BCUT2D eigenvalue weighted by molar-refractivity contribution is -0.274. The van der Waals surface area contributed by atoms with Gasteiger partial charge in [-0.25, -0.2) is 0 Å². The zero-order chi connectivity index (χ0) is 18.0. The summed E-state index contributed by atoms with van der Waals surface area (Å²) in [5.41, 5.74) is 3.08. The number of carbonyl (C=O) groups excluding carboxylic acids is 1. The van der Waals surface area contributed by atoms with Gasteiger partial charge in [-0.15, -0.1) is 13.2 Å². The van der Waals surface area contributed by atoms with Crippen LogP contribution in [0.3, 0.4) is 0 Å². The second-order valence-electron chi connectivity index (χ2n) is 5.44. The van der Waals surface area contributed by atoms with Crippen molar-refractivity contribution in [3.05, 3.63) is 48.7 Å². The van der Waals surface area contributed by atoms with Gasteiger partial charge in [-0.1, -0.05) is 25.1 Å². The van der Waals surface area contributed by atoms with Gasteiger partial charge in [0.2, 0.25) is 5.91 Å². The van der Waals surface area contributed by atoms with Crippen molar-refractivity contribution in [2.45, 2.75) is 19.7 Å². The molecule has 0 spiro atoms. The fraction of sp³-hybridized carbons (Fsp3) is 0.167. The van der Waals surface area contributed by atoms with E-state index in [1.807, 2.05) is 18.2 Å². The summed E-state index contributed by atoms with van der Waals surface area (Å²) < 4.78 is 40.5. The average molecular weight is 348 g/mol. The van der Waals surface area contributed by atoms with E-state index in [1.54, 1.807) is 25.3 Å². The molecule has 2 aromatic carbocycles. The topological polar surface area (TPSA) is 54.1 Å². The van der Waals surface area contributed by atoms with E-state index in [-0.39, 0.29) is 11.7 Å². The van der Waals surface area contributed by atoms with Crippen molar-refractivity contribution >= 4 is 22.5 Å². The number of nitrogens with one attached hydrogen (secondary N) is 2. The molecule has 0 aliphatic heterocycles. The van der Waals surface area contributed by atoms with Crippen molar-refractivity contribution in [3.8, 4) is 16.9 Å². The molecule has 25 heavy (non-hydrogen) atoms. The molecule has 0 saturated carbocycles. The van der Waals surface area contributed by atoms with E-state index in [4.69, 9.17) is 0 Å². The maximum absolute atomic E-state index is 12.2. The molecular weight excluding hydrogens is 333 g/mol. The minimum Gasteiger partial charge on any atom is -0.406 e. The highest BCUT2D eigenvalue weighted by Gasteiger charge is 2.30. The Hall–Kier alpha value is -2.96. The van der Waals surface area contributed by atoms with Crippen molar-refractivity contribution in [2.24, 2.45) is 0 Å². The van der Waals surface area contributed by atoms with Crippen molar-refractivity contribution in [1.82, 2.24) is 4.98 Å². The summed E-state index contributed by atoms with van der Waals surface area (Å²) in [6.45, 7) is 1.76. The maximum atomic E-state index is 12.2. The number of benzene rings is 2. The molecule has 0 fully saturated rings. The molecule has 2 N–H and O–H groups in total. The van der Waals surface area contributed by atoms with Gasteiger partial charge in [0.1, 0.15) is 5.75 Å². The standard InChI is InChI=1S/C18H15F3N2O2/c1-2-17(24)23-16-10-22-15-8-5-12(9-14(15)16)11-3-6-13(7-4-11)25-18(19,20)21/h3-10,22H,2H2,1H3,(H,23,24). The Kier molecular flexibility index (Phi) is 4.39. The summed E-state index contributed by atoms with van der Waals surface area (Å²) >= 11 is 0. The number of rotatable bonds is 4. The average Bonchev–Trinajstić information content (AvgIpc) is 2.96. The lowest BCUT2D eigenvalue weighted by Crippen LogP contribution is -2.16. The largest absolute Gasteiger partial charge is 0.573 e. The van der Waals surface area contributed by atoms with Crippen LogP contribution >= 0.6 is 0 Å². The fourth-order valence-electron chi connectivity index (χ4n) is 2.49. The number of aromatic amines is 1. The van der Waals surface area contributed by atoms with E-state index in [0.29, 0.717) is 12.1 Å². The van der Waals surface area contributed by atoms with Gasteiger partial charge in [-0.05, 0) is 35.4 Å². The first-order valence-electron chi connectivity index (χ1n) is 7.63. The zero-order valence-electron chi connectivity index (χ0n) is 13.3. The van der Waals surface area contributed by atoms with Gasteiger partial charge in [-0.3, -0.25) is 4.79 Å². The van der Waals surface area contributed by atoms with Crippen molar-refractivity contribution in [2.75, 3.05) is 5.32 Å². The van der Waals surface area contributed by atoms with Crippen molar-refractivity contribution in [3.63, 3.8) is 0 Å². The molecule has 1 amide bonds. The Balaban J connectivity index is 1.90. The third-order valence-electron chi connectivity index (χ3n) is 3.70. The Morgan fingerprint density at radius 1 is 1.12 bits per heavy atom. The number of aromatic nitrogens is 1. The molecule has 0 atom stereocenters. The molecular formula is C18H15F3N2O2. The fourth-order valence-corrected chi connectivity index (χ4v) is 2.49. The normalized spacial score (nSPS) is 11.5. The molecule has 7 heteroatoms. The number of ether oxygens (including phenoxy) is 1. The molecule has 0 unspecified atom stereocenters. The van der Waals surface area contributed by atoms with E-state index < -0.39 is 6.36 Å². The predicted molar refractivity (Wildman–Crippen MR) is 89.3 cm³/mol. The first-order chi connectivity index (χ1) is 11.9. The van der Waals surface area contributed by atoms with Gasteiger partial charge in [0, 0.05) is 23.5 Å². The number of anilines is 1. The lowest BCUT2D eigenvalue weighted by Gasteiger charge is -2.09. The van der Waals surface area contributed by atoms with E-state index in [0.717, 1.165) is 22.0 Å². The first kappa shape index (κ1) is 16.9. The number of amides is 1. The highest BCUT2D eigenvalue weighted by molar-refractivity contribution is 6.02. The van der Waals surface area contributed by atoms with E-state index in [1.165, 1.54) is 12.1 Å². The lowest BCUT2D eigenvalue weighted by atomic mass is 10.0. The van der Waals surface area contributed by atoms with Gasteiger partial charge in [0.05, 0.1) is 5.69 Å². The van der Waals surface area contributed by atoms with Crippen LogP contribution in [0.1, 0.15) is 13.3 Å². The highest BCUT2D eigenvalue weighted by atomic mass is 19.4. The van der Waals surface area contributed by atoms with Crippen LogP contribution < -0.4 is 10.1 Å². The van der Waals surface area contributed by atoms with Crippen LogP contribution in [0.25, 0.3) is 22.0 Å². The summed E-state index contributed by atoms with van der Waals surface area (Å²) in [7, 11) is 0. The molecule has 1 heterocycles. The smallest absolute Gasteiger partial charge is 0.406 e. The molecule has 4 nitrogen and oxygen atoms in total. The molecule has 3 aromatic rings. The molecule has 1 aromatic heterocycles. The van der Waals surface area contributed by atoms with Crippen LogP contribution in [0.2, 0.25) is 0 Å². The quantitative estimate of drug-likeness (QED) is 0.691. The Labute approximate surface area is 141 Å². The SMILES string of the molecule is CCC(=O)Nc1c[nH]c2ccc(-c3ccc(OC(F)(F)F)cc3)cc12. The summed E-state index contributed by atoms with van der Waals surface area (Å²) in [6.07, 6.45) is -2.63. The number of alkyl halides is 3. The summed E-state index contributed by atoms with van der Waals surface area (Å²) in [6, 6.07) is 11.2. The minimum absolute atomic E-state index is 0.0973. The second-order valence-corrected chi connectivity index (χ2v) is 5.44. The predicted octanol–water partition coefficient (Wildman–Crippen LogP) is 5.08. The van der Waals surface area contributed by atoms with Crippen LogP contribution in [0, 0.1) is 0 Å². The molecule has 0 bridgehead atoms. The molecule has 0 aliphatic rings. The van der Waals surface area contributed by atoms with Crippen molar-refractivity contribution < 1.29 is 22.7 Å².